The number of aliphatic hydroxyl groups is 1. The average Bonchev–Trinajstić information content (AvgIpc) is 2.54. The number of halogens is 1. The molecule has 3 rings (SSSR count). The molecule has 0 amide bonds. The molecule has 6 heteroatoms. The Hall–Kier alpha value is -1.85. The molecule has 0 unspecified atom stereocenters. The van der Waals surface area contributed by atoms with Crippen LogP contribution in [-0.4, -0.2) is 39.9 Å². The van der Waals surface area contributed by atoms with Gasteiger partial charge < -0.3 is 15.1 Å². The second kappa shape index (κ2) is 6.72. The SMILES string of the molecule is CCC1(O)CCN(c2ccc3nccc(C(=O)O)c3c2)CC1.Cl. The molecule has 5 nitrogen and oxygen atoms in total. The van der Waals surface area contributed by atoms with E-state index in [4.69, 9.17) is 0 Å². The summed E-state index contributed by atoms with van der Waals surface area (Å²) >= 11 is 0. The normalized spacial score (nSPS) is 16.9. The molecule has 0 aliphatic carbocycles. The van der Waals surface area contributed by atoms with Gasteiger partial charge >= 0.3 is 5.97 Å². The molecule has 2 N–H and O–H groups in total. The van der Waals surface area contributed by atoms with Crippen molar-refractivity contribution in [3.05, 3.63) is 36.0 Å². The zero-order valence-electron chi connectivity index (χ0n) is 13.0. The van der Waals surface area contributed by atoms with E-state index in [0.717, 1.165) is 38.0 Å². The topological polar surface area (TPSA) is 73.7 Å². The van der Waals surface area contributed by atoms with Crippen molar-refractivity contribution < 1.29 is 15.0 Å². The molecule has 1 aliphatic heterocycles. The molecular formula is C17H21ClN2O3. The van der Waals surface area contributed by atoms with Crippen molar-refractivity contribution in [1.29, 1.82) is 0 Å². The maximum atomic E-state index is 11.4. The number of aromatic carboxylic acids is 1. The number of carboxylic acids is 1. The lowest BCUT2D eigenvalue weighted by Gasteiger charge is -2.39. The highest BCUT2D eigenvalue weighted by atomic mass is 35.5. The Morgan fingerprint density at radius 2 is 2.00 bits per heavy atom. The summed E-state index contributed by atoms with van der Waals surface area (Å²) in [5, 5.41) is 20.3. The van der Waals surface area contributed by atoms with Gasteiger partial charge in [-0.25, -0.2) is 4.79 Å². The third-order valence-electron chi connectivity index (χ3n) is 4.67. The van der Waals surface area contributed by atoms with Crippen LogP contribution >= 0.6 is 12.4 Å². The summed E-state index contributed by atoms with van der Waals surface area (Å²) in [7, 11) is 0. The van der Waals surface area contributed by atoms with Gasteiger partial charge in [0, 0.05) is 30.4 Å². The zero-order chi connectivity index (χ0) is 15.7. The number of hydrogen-bond donors (Lipinski definition) is 2. The molecule has 1 aliphatic rings. The second-order valence-electron chi connectivity index (χ2n) is 5.93. The zero-order valence-corrected chi connectivity index (χ0v) is 13.8. The Bertz CT molecular complexity index is 712. The monoisotopic (exact) mass is 336 g/mol. The average molecular weight is 337 g/mol. The van der Waals surface area contributed by atoms with E-state index in [1.807, 2.05) is 25.1 Å². The number of aromatic nitrogens is 1. The van der Waals surface area contributed by atoms with Crippen molar-refractivity contribution in [2.45, 2.75) is 31.8 Å². The summed E-state index contributed by atoms with van der Waals surface area (Å²) in [5.74, 6) is -0.941. The van der Waals surface area contributed by atoms with Crippen molar-refractivity contribution in [3.63, 3.8) is 0 Å². The maximum absolute atomic E-state index is 11.4. The molecule has 0 spiro atoms. The Labute approximate surface area is 141 Å². The first-order chi connectivity index (χ1) is 10.5. The fraction of sp³-hybridized carbons (Fsp3) is 0.412. The number of fused-ring (bicyclic) bond motifs is 1. The predicted molar refractivity (Wildman–Crippen MR) is 92.6 cm³/mol. The molecule has 124 valence electrons. The van der Waals surface area contributed by atoms with E-state index in [1.54, 1.807) is 0 Å². The van der Waals surface area contributed by atoms with E-state index in [-0.39, 0.29) is 18.0 Å². The summed E-state index contributed by atoms with van der Waals surface area (Å²) in [6, 6.07) is 7.25. The molecule has 1 saturated heterocycles. The van der Waals surface area contributed by atoms with Crippen LogP contribution in [0.4, 0.5) is 5.69 Å². The highest BCUT2D eigenvalue weighted by molar-refractivity contribution is 6.03. The standard InChI is InChI=1S/C17H20N2O3.ClH/c1-2-17(22)6-9-19(10-7-17)12-3-4-15-14(11-12)13(16(20)21)5-8-18-15;/h3-5,8,11,22H,2,6-7,9-10H2,1H3,(H,20,21);1H. The first kappa shape index (κ1) is 17.5. The summed E-state index contributed by atoms with van der Waals surface area (Å²) < 4.78 is 0. The fourth-order valence-electron chi connectivity index (χ4n) is 3.05. The fourth-order valence-corrected chi connectivity index (χ4v) is 3.05. The lowest BCUT2D eigenvalue weighted by Crippen LogP contribution is -2.44. The van der Waals surface area contributed by atoms with E-state index in [1.165, 1.54) is 12.3 Å². The lowest BCUT2D eigenvalue weighted by atomic mass is 9.89. The van der Waals surface area contributed by atoms with Gasteiger partial charge in [0.1, 0.15) is 0 Å². The molecule has 23 heavy (non-hydrogen) atoms. The van der Waals surface area contributed by atoms with Gasteiger partial charge in [0.05, 0.1) is 16.7 Å². The molecule has 2 aromatic rings. The van der Waals surface area contributed by atoms with Crippen LogP contribution in [0.1, 0.15) is 36.5 Å². The Kier molecular flexibility index (Phi) is 5.12. The Balaban J connectivity index is 0.00000192. The summed E-state index contributed by atoms with van der Waals surface area (Å²) in [5.41, 5.74) is 1.39. The van der Waals surface area contributed by atoms with Gasteiger partial charge in [-0.2, -0.15) is 0 Å². The number of rotatable bonds is 3. The largest absolute Gasteiger partial charge is 0.478 e. The van der Waals surface area contributed by atoms with E-state index in [9.17, 15) is 15.0 Å². The highest BCUT2D eigenvalue weighted by Gasteiger charge is 2.30. The first-order valence-corrected chi connectivity index (χ1v) is 7.62. The second-order valence-corrected chi connectivity index (χ2v) is 5.93. The molecule has 2 heterocycles. The van der Waals surface area contributed by atoms with Crippen LogP contribution in [0.5, 0.6) is 0 Å². The lowest BCUT2D eigenvalue weighted by molar-refractivity contribution is 0.0126. The van der Waals surface area contributed by atoms with Crippen molar-refractivity contribution in [2.24, 2.45) is 0 Å². The van der Waals surface area contributed by atoms with Crippen LogP contribution in [0.3, 0.4) is 0 Å². The quantitative estimate of drug-likeness (QED) is 0.901. The number of pyridine rings is 1. The third-order valence-corrected chi connectivity index (χ3v) is 4.67. The van der Waals surface area contributed by atoms with Crippen molar-refractivity contribution in [2.75, 3.05) is 18.0 Å². The van der Waals surface area contributed by atoms with Gasteiger partial charge in [-0.05, 0) is 43.5 Å². The van der Waals surface area contributed by atoms with Crippen LogP contribution in [0, 0.1) is 0 Å². The minimum absolute atomic E-state index is 0. The van der Waals surface area contributed by atoms with E-state index >= 15 is 0 Å². The molecular weight excluding hydrogens is 316 g/mol. The maximum Gasteiger partial charge on any atom is 0.336 e. The van der Waals surface area contributed by atoms with Gasteiger partial charge in [-0.1, -0.05) is 6.92 Å². The van der Waals surface area contributed by atoms with Gasteiger partial charge in [-0.3, -0.25) is 4.98 Å². The third kappa shape index (κ3) is 3.41. The van der Waals surface area contributed by atoms with Crippen LogP contribution in [0.2, 0.25) is 0 Å². The molecule has 0 radical (unpaired) electrons. The number of anilines is 1. The highest BCUT2D eigenvalue weighted by Crippen LogP contribution is 2.30. The number of nitrogens with zero attached hydrogens (tertiary/aromatic N) is 2. The minimum atomic E-state index is -0.941. The molecule has 1 aromatic heterocycles. The number of carboxylic acid groups (broad SMARTS) is 1. The van der Waals surface area contributed by atoms with E-state index in [0.29, 0.717) is 10.9 Å². The summed E-state index contributed by atoms with van der Waals surface area (Å²) in [6.45, 7) is 3.56. The smallest absolute Gasteiger partial charge is 0.336 e. The Morgan fingerprint density at radius 1 is 1.30 bits per heavy atom. The number of piperidine rings is 1. The number of hydrogen-bond acceptors (Lipinski definition) is 4. The molecule has 1 fully saturated rings. The molecule has 0 atom stereocenters. The minimum Gasteiger partial charge on any atom is -0.478 e. The van der Waals surface area contributed by atoms with E-state index < -0.39 is 11.6 Å². The number of benzene rings is 1. The van der Waals surface area contributed by atoms with Crippen molar-refractivity contribution in [1.82, 2.24) is 4.98 Å². The first-order valence-electron chi connectivity index (χ1n) is 7.62. The summed E-state index contributed by atoms with van der Waals surface area (Å²) in [6.07, 6.45) is 3.76. The van der Waals surface area contributed by atoms with Crippen molar-refractivity contribution >= 4 is 35.0 Å². The van der Waals surface area contributed by atoms with Crippen molar-refractivity contribution in [3.8, 4) is 0 Å². The van der Waals surface area contributed by atoms with Gasteiger partial charge in [0.25, 0.3) is 0 Å². The predicted octanol–water partition coefficient (Wildman–Crippen LogP) is 3.10. The molecule has 0 saturated carbocycles. The van der Waals surface area contributed by atoms with Gasteiger partial charge in [0.2, 0.25) is 0 Å². The van der Waals surface area contributed by atoms with Crippen LogP contribution in [-0.2, 0) is 0 Å². The summed E-state index contributed by atoms with van der Waals surface area (Å²) in [4.78, 5) is 17.8. The number of carbonyl (C=O) groups is 1. The van der Waals surface area contributed by atoms with E-state index in [2.05, 4.69) is 9.88 Å². The molecule has 0 bridgehead atoms. The van der Waals surface area contributed by atoms with Crippen LogP contribution in [0.15, 0.2) is 30.5 Å². The molecule has 1 aromatic carbocycles. The van der Waals surface area contributed by atoms with Gasteiger partial charge in [0.15, 0.2) is 0 Å². The van der Waals surface area contributed by atoms with Crippen LogP contribution in [0.25, 0.3) is 10.9 Å². The van der Waals surface area contributed by atoms with Gasteiger partial charge in [-0.15, -0.1) is 12.4 Å². The Morgan fingerprint density at radius 3 is 2.61 bits per heavy atom. The van der Waals surface area contributed by atoms with Crippen LogP contribution < -0.4 is 4.90 Å².